The number of anilines is 1. The van der Waals surface area contributed by atoms with Crippen molar-refractivity contribution in [3.8, 4) is 0 Å². The zero-order valence-electron chi connectivity index (χ0n) is 17.6. The minimum Gasteiger partial charge on any atom is -0.366 e. The summed E-state index contributed by atoms with van der Waals surface area (Å²) in [6.07, 6.45) is 5.72. The van der Waals surface area contributed by atoms with Crippen LogP contribution in [0.4, 0.5) is 5.82 Å². The molecule has 32 heavy (non-hydrogen) atoms. The van der Waals surface area contributed by atoms with Crippen LogP contribution in [0.5, 0.6) is 0 Å². The number of aryl methyl sites for hydroxylation is 1. The Labute approximate surface area is 195 Å². The standard InChI is InChI=1S/C24H22N4O2S2/c1-3-12-25-21-18(22(29)28-15-16(2)9-10-20(28)26-21)14-19-23(30)27(24(31)32-19)13-11-17-7-5-4-6-8-17/h3-10,14-15,25H,1,11-13H2,2H3/b19-14+. The highest BCUT2D eigenvalue weighted by atomic mass is 32.2. The van der Waals surface area contributed by atoms with Crippen molar-refractivity contribution in [3.63, 3.8) is 0 Å². The van der Waals surface area contributed by atoms with Crippen molar-refractivity contribution in [2.75, 3.05) is 18.4 Å². The van der Waals surface area contributed by atoms with Gasteiger partial charge in [-0.25, -0.2) is 4.98 Å². The minimum absolute atomic E-state index is 0.195. The number of pyridine rings is 1. The maximum Gasteiger partial charge on any atom is 0.267 e. The predicted molar refractivity (Wildman–Crippen MR) is 135 cm³/mol. The van der Waals surface area contributed by atoms with E-state index in [-0.39, 0.29) is 11.5 Å². The van der Waals surface area contributed by atoms with Gasteiger partial charge in [0.2, 0.25) is 0 Å². The molecule has 8 heteroatoms. The summed E-state index contributed by atoms with van der Waals surface area (Å²) in [7, 11) is 0. The molecule has 0 radical (unpaired) electrons. The van der Waals surface area contributed by atoms with Crippen molar-refractivity contribution in [2.45, 2.75) is 13.3 Å². The second-order valence-corrected chi connectivity index (χ2v) is 9.03. The van der Waals surface area contributed by atoms with Crippen LogP contribution in [0.2, 0.25) is 0 Å². The molecule has 6 nitrogen and oxygen atoms in total. The Balaban J connectivity index is 1.69. The van der Waals surface area contributed by atoms with Crippen molar-refractivity contribution in [3.05, 3.63) is 93.3 Å². The molecule has 162 valence electrons. The molecule has 1 N–H and O–H groups in total. The number of thiocarbonyl (C=S) groups is 1. The van der Waals surface area contributed by atoms with E-state index in [1.807, 2.05) is 43.3 Å². The van der Waals surface area contributed by atoms with E-state index in [1.54, 1.807) is 29.3 Å². The number of carbonyl (C=O) groups is 1. The number of aromatic nitrogens is 2. The fourth-order valence-corrected chi connectivity index (χ4v) is 4.69. The molecule has 1 aromatic carbocycles. The van der Waals surface area contributed by atoms with Gasteiger partial charge in [0.25, 0.3) is 11.5 Å². The highest BCUT2D eigenvalue weighted by molar-refractivity contribution is 8.26. The van der Waals surface area contributed by atoms with Gasteiger partial charge in [0.15, 0.2) is 0 Å². The Morgan fingerprint density at radius 1 is 1.19 bits per heavy atom. The number of hydrogen-bond donors (Lipinski definition) is 1. The van der Waals surface area contributed by atoms with E-state index in [9.17, 15) is 9.59 Å². The molecule has 0 unspecified atom stereocenters. The Morgan fingerprint density at radius 2 is 1.97 bits per heavy atom. The van der Waals surface area contributed by atoms with Gasteiger partial charge in [-0.2, -0.15) is 0 Å². The van der Waals surface area contributed by atoms with Crippen molar-refractivity contribution in [2.24, 2.45) is 0 Å². The van der Waals surface area contributed by atoms with E-state index < -0.39 is 0 Å². The zero-order valence-corrected chi connectivity index (χ0v) is 19.2. The minimum atomic E-state index is -0.250. The van der Waals surface area contributed by atoms with Crippen LogP contribution in [0, 0.1) is 6.92 Å². The molecule has 1 amide bonds. The van der Waals surface area contributed by atoms with Gasteiger partial charge >= 0.3 is 0 Å². The lowest BCUT2D eigenvalue weighted by molar-refractivity contribution is -0.122. The van der Waals surface area contributed by atoms with E-state index in [1.165, 1.54) is 16.2 Å². The number of fused-ring (bicyclic) bond motifs is 1. The molecule has 1 fully saturated rings. The first-order valence-corrected chi connectivity index (χ1v) is 11.4. The van der Waals surface area contributed by atoms with Crippen LogP contribution in [0.1, 0.15) is 16.7 Å². The summed E-state index contributed by atoms with van der Waals surface area (Å²) in [4.78, 5) is 32.9. The van der Waals surface area contributed by atoms with Gasteiger partial charge in [-0.3, -0.25) is 18.9 Å². The maximum atomic E-state index is 13.3. The number of nitrogens with zero attached hydrogens (tertiary/aromatic N) is 3. The summed E-state index contributed by atoms with van der Waals surface area (Å²) >= 11 is 6.66. The largest absolute Gasteiger partial charge is 0.366 e. The summed E-state index contributed by atoms with van der Waals surface area (Å²) in [6, 6.07) is 13.6. The molecule has 0 spiro atoms. The number of rotatable bonds is 7. The molecule has 1 aliphatic heterocycles. The summed E-state index contributed by atoms with van der Waals surface area (Å²) in [5, 5.41) is 3.11. The van der Waals surface area contributed by atoms with Crippen molar-refractivity contribution >= 4 is 51.7 Å². The fourth-order valence-electron chi connectivity index (χ4n) is 3.40. The first kappa shape index (κ1) is 22.0. The van der Waals surface area contributed by atoms with E-state index in [2.05, 4.69) is 16.9 Å². The van der Waals surface area contributed by atoms with E-state index in [0.717, 1.165) is 11.1 Å². The average Bonchev–Trinajstić information content (AvgIpc) is 3.06. The normalized spacial score (nSPS) is 15.0. The lowest BCUT2D eigenvalue weighted by Gasteiger charge is -2.14. The van der Waals surface area contributed by atoms with Crippen LogP contribution < -0.4 is 10.9 Å². The fraction of sp³-hybridized carbons (Fsp3) is 0.167. The van der Waals surface area contributed by atoms with Crippen LogP contribution in [-0.2, 0) is 11.2 Å². The Kier molecular flexibility index (Phi) is 6.53. The third-order valence-electron chi connectivity index (χ3n) is 5.04. The lowest BCUT2D eigenvalue weighted by Crippen LogP contribution is -2.30. The predicted octanol–water partition coefficient (Wildman–Crippen LogP) is 4.04. The molecule has 0 saturated carbocycles. The van der Waals surface area contributed by atoms with Gasteiger partial charge in [-0.1, -0.05) is 66.5 Å². The van der Waals surface area contributed by atoms with Crippen LogP contribution in [-0.4, -0.2) is 37.6 Å². The van der Waals surface area contributed by atoms with Gasteiger partial charge in [-0.05, 0) is 36.6 Å². The van der Waals surface area contributed by atoms with Crippen molar-refractivity contribution in [1.82, 2.24) is 14.3 Å². The number of nitrogens with one attached hydrogen (secondary N) is 1. The highest BCUT2D eigenvalue weighted by Crippen LogP contribution is 2.33. The number of hydrogen-bond acceptors (Lipinski definition) is 6. The number of thioether (sulfide) groups is 1. The smallest absolute Gasteiger partial charge is 0.267 e. The zero-order chi connectivity index (χ0) is 22.7. The molecule has 0 bridgehead atoms. The number of carbonyl (C=O) groups excluding carboxylic acids is 1. The van der Waals surface area contributed by atoms with Crippen LogP contribution in [0.15, 0.2) is 71.0 Å². The van der Waals surface area contributed by atoms with Gasteiger partial charge in [0.05, 0.1) is 10.5 Å². The molecule has 3 heterocycles. The molecule has 3 aromatic rings. The second-order valence-electron chi connectivity index (χ2n) is 7.35. The highest BCUT2D eigenvalue weighted by Gasteiger charge is 2.32. The number of benzene rings is 1. The van der Waals surface area contributed by atoms with Crippen molar-refractivity contribution in [1.29, 1.82) is 0 Å². The molecule has 1 aliphatic rings. The molecule has 0 atom stereocenters. The molecule has 1 saturated heterocycles. The second kappa shape index (κ2) is 9.50. The quantitative estimate of drug-likeness (QED) is 0.325. The van der Waals surface area contributed by atoms with E-state index in [4.69, 9.17) is 12.2 Å². The molecule has 4 rings (SSSR count). The topological polar surface area (TPSA) is 66.7 Å². The monoisotopic (exact) mass is 462 g/mol. The van der Waals surface area contributed by atoms with E-state index >= 15 is 0 Å². The van der Waals surface area contributed by atoms with Gasteiger partial charge < -0.3 is 5.32 Å². The molecule has 2 aromatic heterocycles. The first-order chi connectivity index (χ1) is 15.5. The summed E-state index contributed by atoms with van der Waals surface area (Å²) in [5.41, 5.74) is 2.67. The van der Waals surface area contributed by atoms with Gasteiger partial charge in [-0.15, -0.1) is 6.58 Å². The molecular formula is C24H22N4O2S2. The van der Waals surface area contributed by atoms with E-state index in [0.29, 0.717) is 45.8 Å². The molecule has 0 aliphatic carbocycles. The molecular weight excluding hydrogens is 440 g/mol. The average molecular weight is 463 g/mol. The van der Waals surface area contributed by atoms with Crippen LogP contribution in [0.3, 0.4) is 0 Å². The summed E-state index contributed by atoms with van der Waals surface area (Å²) in [5.74, 6) is 0.215. The van der Waals surface area contributed by atoms with Crippen LogP contribution >= 0.6 is 24.0 Å². The Morgan fingerprint density at radius 3 is 2.72 bits per heavy atom. The summed E-state index contributed by atoms with van der Waals surface area (Å²) in [6.45, 7) is 6.55. The first-order valence-electron chi connectivity index (χ1n) is 10.1. The van der Waals surface area contributed by atoms with Gasteiger partial charge in [0, 0.05) is 19.3 Å². The van der Waals surface area contributed by atoms with Gasteiger partial charge in [0.1, 0.15) is 15.8 Å². The Hall–Kier alpha value is -3.23. The third kappa shape index (κ3) is 4.51. The summed E-state index contributed by atoms with van der Waals surface area (Å²) < 4.78 is 1.98. The number of amides is 1. The van der Waals surface area contributed by atoms with Crippen LogP contribution in [0.25, 0.3) is 11.7 Å². The lowest BCUT2D eigenvalue weighted by atomic mass is 10.1. The maximum absolute atomic E-state index is 13.3. The Bertz CT molecular complexity index is 1300. The van der Waals surface area contributed by atoms with Crippen molar-refractivity contribution < 1.29 is 4.79 Å². The SMILES string of the molecule is C=CCNc1nc2ccc(C)cn2c(=O)c1/C=C1/SC(=S)N(CCc2ccccc2)C1=O. The third-order valence-corrected chi connectivity index (χ3v) is 6.41.